The molecule has 5 aromatic rings. The minimum atomic E-state index is -1.53. The van der Waals surface area contributed by atoms with E-state index in [1.807, 2.05) is 31.2 Å². The highest BCUT2D eigenvalue weighted by atomic mass is 32.2. The number of thioether (sulfide) groups is 1. The Morgan fingerprint density at radius 1 is 1.11 bits per heavy atom. The van der Waals surface area contributed by atoms with E-state index in [2.05, 4.69) is 18.8 Å². The minimum absolute atomic E-state index is 0.0433. The van der Waals surface area contributed by atoms with Crippen LogP contribution in [0.3, 0.4) is 0 Å². The van der Waals surface area contributed by atoms with Gasteiger partial charge in [-0.1, -0.05) is 38.1 Å². The lowest BCUT2D eigenvalue weighted by molar-refractivity contribution is -0.146. The van der Waals surface area contributed by atoms with E-state index in [1.54, 1.807) is 31.1 Å². The van der Waals surface area contributed by atoms with Crippen molar-refractivity contribution >= 4 is 28.6 Å². The fraction of sp³-hybridized carbons (Fsp3) is 0.361. The van der Waals surface area contributed by atoms with Crippen molar-refractivity contribution in [3.63, 3.8) is 0 Å². The molecule has 6 rings (SSSR count). The summed E-state index contributed by atoms with van der Waals surface area (Å²) in [4.78, 5) is 19.4. The molecule has 1 aliphatic rings. The maximum atomic E-state index is 15.6. The molecule has 2 aromatic heterocycles. The summed E-state index contributed by atoms with van der Waals surface area (Å²) in [5.74, 6) is 0.445. The number of fused-ring (bicyclic) bond motifs is 8. The number of H-pyrrole nitrogens is 1. The molecule has 0 amide bonds. The molecule has 0 saturated heterocycles. The molecule has 0 radical (unpaired) electrons. The first-order valence-corrected chi connectivity index (χ1v) is 16.8. The zero-order chi connectivity index (χ0) is 33.5. The maximum Gasteiger partial charge on any atom is 0.332 e. The lowest BCUT2D eigenvalue weighted by atomic mass is 9.73. The molecular formula is C36H38F2N4O4S. The van der Waals surface area contributed by atoms with Gasteiger partial charge in [-0.15, -0.1) is 0 Å². The van der Waals surface area contributed by atoms with Gasteiger partial charge in [0.05, 0.1) is 11.0 Å². The molecule has 11 heteroatoms. The number of halogens is 2. The van der Waals surface area contributed by atoms with Crippen LogP contribution >= 0.6 is 11.8 Å². The second-order valence-corrected chi connectivity index (χ2v) is 14.4. The average Bonchev–Trinajstić information content (AvgIpc) is 3.66. The van der Waals surface area contributed by atoms with E-state index < -0.39 is 29.1 Å². The van der Waals surface area contributed by atoms with E-state index >= 15 is 8.78 Å². The van der Waals surface area contributed by atoms with Gasteiger partial charge in [0.15, 0.2) is 29.3 Å². The van der Waals surface area contributed by atoms with Crippen molar-refractivity contribution < 1.29 is 28.5 Å². The summed E-state index contributed by atoms with van der Waals surface area (Å²) < 4.78 is 38.8. The third-order valence-corrected chi connectivity index (χ3v) is 10.6. The van der Waals surface area contributed by atoms with Gasteiger partial charge in [-0.25, -0.2) is 23.2 Å². The summed E-state index contributed by atoms with van der Waals surface area (Å²) in [5.41, 5.74) is 2.31. The lowest BCUT2D eigenvalue weighted by Gasteiger charge is -2.33. The summed E-state index contributed by atoms with van der Waals surface area (Å²) in [6, 6.07) is 15.1. The Morgan fingerprint density at radius 3 is 2.70 bits per heavy atom. The van der Waals surface area contributed by atoms with Gasteiger partial charge < -0.3 is 19.9 Å². The fourth-order valence-corrected chi connectivity index (χ4v) is 7.40. The van der Waals surface area contributed by atoms with Crippen LogP contribution in [0.4, 0.5) is 8.78 Å². The smallest absolute Gasteiger partial charge is 0.332 e. The number of nitrogens with zero attached hydrogens (tertiary/aromatic N) is 3. The van der Waals surface area contributed by atoms with Crippen molar-refractivity contribution in [3.05, 3.63) is 94.9 Å². The SMILES string of the molecule is Cn1nc2nc1-c1cc(ccc1F)Oc1c(F)cc3[nH]ccc3c1CCSCC(C)(C)CCC2(C)c1cccc(CC(O)C(=O)O)c1. The van der Waals surface area contributed by atoms with E-state index in [0.29, 0.717) is 29.7 Å². The Balaban J connectivity index is 1.47. The maximum absolute atomic E-state index is 15.6. The summed E-state index contributed by atoms with van der Waals surface area (Å²) in [6.07, 6.45) is 2.24. The monoisotopic (exact) mass is 660 g/mol. The molecule has 246 valence electrons. The largest absolute Gasteiger partial charge is 0.479 e. The van der Waals surface area contributed by atoms with Crippen LogP contribution in [0, 0.1) is 17.0 Å². The average molecular weight is 661 g/mol. The van der Waals surface area contributed by atoms with E-state index in [9.17, 15) is 15.0 Å². The number of aryl methyl sites for hydroxylation is 2. The van der Waals surface area contributed by atoms with Gasteiger partial charge in [0.25, 0.3) is 0 Å². The quantitative estimate of drug-likeness (QED) is 0.184. The van der Waals surface area contributed by atoms with Crippen molar-refractivity contribution in [1.29, 1.82) is 0 Å². The number of carboxylic acids is 1. The highest BCUT2D eigenvalue weighted by molar-refractivity contribution is 7.99. The predicted octanol–water partition coefficient (Wildman–Crippen LogP) is 7.42. The van der Waals surface area contributed by atoms with Crippen LogP contribution in [0.25, 0.3) is 22.3 Å². The van der Waals surface area contributed by atoms with Crippen LogP contribution in [0.2, 0.25) is 0 Å². The molecule has 47 heavy (non-hydrogen) atoms. The molecule has 3 aromatic carbocycles. The molecule has 0 spiro atoms. The number of benzene rings is 3. The number of aromatic nitrogens is 4. The number of rotatable bonds is 4. The number of aromatic amines is 1. The first kappa shape index (κ1) is 32.7. The molecule has 3 N–H and O–H groups in total. The number of hydrogen-bond acceptors (Lipinski definition) is 6. The van der Waals surface area contributed by atoms with E-state index in [0.717, 1.165) is 34.4 Å². The van der Waals surface area contributed by atoms with Gasteiger partial charge in [0.1, 0.15) is 11.6 Å². The van der Waals surface area contributed by atoms with Crippen LogP contribution in [0.15, 0.2) is 60.8 Å². The van der Waals surface area contributed by atoms with Gasteiger partial charge >= 0.3 is 5.97 Å². The third-order valence-electron chi connectivity index (χ3n) is 9.09. The molecule has 0 saturated carbocycles. The normalized spacial score (nSPS) is 19.0. The van der Waals surface area contributed by atoms with Crippen LogP contribution in [-0.2, 0) is 30.1 Å². The summed E-state index contributed by atoms with van der Waals surface area (Å²) >= 11 is 1.80. The Hall–Kier alpha value is -4.22. The number of hydrogen-bond donors (Lipinski definition) is 3. The number of nitrogens with one attached hydrogen (secondary N) is 1. The number of aliphatic hydroxyl groups excluding tert-OH is 1. The first-order valence-electron chi connectivity index (χ1n) is 15.6. The van der Waals surface area contributed by atoms with E-state index in [4.69, 9.17) is 14.8 Å². The number of carboxylic acid groups (broad SMARTS) is 1. The van der Waals surface area contributed by atoms with Crippen molar-refractivity contribution in [2.75, 3.05) is 11.5 Å². The highest BCUT2D eigenvalue weighted by Gasteiger charge is 2.37. The van der Waals surface area contributed by atoms with Crippen LogP contribution in [0.5, 0.6) is 11.5 Å². The Labute approximate surface area is 276 Å². The lowest BCUT2D eigenvalue weighted by Crippen LogP contribution is -2.29. The van der Waals surface area contributed by atoms with Gasteiger partial charge in [-0.3, -0.25) is 0 Å². The molecule has 0 aliphatic carbocycles. The molecule has 3 heterocycles. The predicted molar refractivity (Wildman–Crippen MR) is 179 cm³/mol. The number of aliphatic carboxylic acids is 1. The summed E-state index contributed by atoms with van der Waals surface area (Å²) in [6.45, 7) is 6.48. The Bertz CT molecular complexity index is 1950. The number of ether oxygens (including phenoxy) is 1. The van der Waals surface area contributed by atoms with Crippen molar-refractivity contribution in [1.82, 2.24) is 19.7 Å². The molecule has 0 fully saturated rings. The van der Waals surface area contributed by atoms with Gasteiger partial charge in [-0.05, 0) is 78.5 Å². The summed E-state index contributed by atoms with van der Waals surface area (Å²) in [7, 11) is 1.70. The Kier molecular flexibility index (Phi) is 8.88. The second kappa shape index (κ2) is 12.8. The molecule has 2 atom stereocenters. The van der Waals surface area contributed by atoms with Crippen LogP contribution in [0.1, 0.15) is 56.1 Å². The van der Waals surface area contributed by atoms with Crippen LogP contribution < -0.4 is 4.74 Å². The first-order chi connectivity index (χ1) is 22.3. The second-order valence-electron chi connectivity index (χ2n) is 13.3. The number of carbonyl (C=O) groups is 1. The molecule has 1 aliphatic heterocycles. The zero-order valence-corrected chi connectivity index (χ0v) is 27.6. The minimum Gasteiger partial charge on any atom is -0.479 e. The van der Waals surface area contributed by atoms with Gasteiger partial charge in [0.2, 0.25) is 0 Å². The third kappa shape index (κ3) is 6.64. The molecular weight excluding hydrogens is 622 g/mol. The fourth-order valence-electron chi connectivity index (χ4n) is 6.21. The molecule has 2 unspecified atom stereocenters. The Morgan fingerprint density at radius 2 is 1.91 bits per heavy atom. The standard InChI is InChI=1S/C36H38F2N4O4S/c1-35(2)12-13-36(3,22-7-5-6-21(16-22)17-30(43)33(44)45)34-40-32(42(4)41-34)26-18-23(8-9-27(26)37)46-31-25(11-15-47-20-35)24-10-14-39-29(24)19-28(31)38/h5-10,14,16,18-19,30,39,43H,11-13,15,17,20H2,1-4H3,(H,44,45). The molecule has 8 nitrogen and oxygen atoms in total. The summed E-state index contributed by atoms with van der Waals surface area (Å²) in [5, 5.41) is 25.0. The van der Waals surface area contributed by atoms with Gasteiger partial charge in [-0.2, -0.15) is 16.9 Å². The zero-order valence-electron chi connectivity index (χ0n) is 26.8. The van der Waals surface area contributed by atoms with Crippen molar-refractivity contribution in [2.24, 2.45) is 12.5 Å². The van der Waals surface area contributed by atoms with E-state index in [-0.39, 0.29) is 34.7 Å². The molecule has 4 bridgehead atoms. The van der Waals surface area contributed by atoms with Crippen molar-refractivity contribution in [3.8, 4) is 22.9 Å². The van der Waals surface area contributed by atoms with Crippen molar-refractivity contribution in [2.45, 2.75) is 58.0 Å². The van der Waals surface area contributed by atoms with Gasteiger partial charge in [0, 0.05) is 42.2 Å². The highest BCUT2D eigenvalue weighted by Crippen LogP contribution is 2.42. The van der Waals surface area contributed by atoms with Crippen LogP contribution in [-0.4, -0.2) is 53.5 Å². The topological polar surface area (TPSA) is 113 Å². The number of aliphatic hydroxyl groups is 1. The van der Waals surface area contributed by atoms with E-state index in [1.165, 1.54) is 28.9 Å².